The molecular weight excluding hydrogens is 370 g/mol. The van der Waals surface area contributed by atoms with Crippen LogP contribution < -0.4 is 5.32 Å². The minimum absolute atomic E-state index is 0.00702. The van der Waals surface area contributed by atoms with E-state index in [1.165, 1.54) is 31.2 Å². The molecule has 1 amide bonds. The number of amides is 1. The van der Waals surface area contributed by atoms with Crippen molar-refractivity contribution < 1.29 is 24.2 Å². The molecule has 146 valence electrons. The molecule has 10 heteroatoms. The molecular formula is C18H17N3O7. The van der Waals surface area contributed by atoms with Gasteiger partial charge in [-0.3, -0.25) is 25.0 Å². The number of benzene rings is 2. The Morgan fingerprint density at radius 3 is 2.29 bits per heavy atom. The maximum Gasteiger partial charge on any atom is 0.345 e. The van der Waals surface area contributed by atoms with Crippen molar-refractivity contribution in [3.63, 3.8) is 0 Å². The fourth-order valence-electron chi connectivity index (χ4n) is 2.56. The maximum absolute atomic E-state index is 12.2. The van der Waals surface area contributed by atoms with Crippen molar-refractivity contribution in [3.05, 3.63) is 72.8 Å². The fraction of sp³-hybridized carbons (Fsp3) is 0.222. The van der Waals surface area contributed by atoms with Crippen LogP contribution in [-0.2, 0) is 9.53 Å². The van der Waals surface area contributed by atoms with Crippen LogP contribution in [0.1, 0.15) is 27.0 Å². The average molecular weight is 387 g/mol. The molecule has 1 N–H and O–H groups in total. The number of hydrogen-bond donors (Lipinski definition) is 1. The highest BCUT2D eigenvalue weighted by molar-refractivity contribution is 5.99. The molecule has 0 aliphatic heterocycles. The third-order valence-corrected chi connectivity index (χ3v) is 4.15. The van der Waals surface area contributed by atoms with Crippen molar-refractivity contribution >= 4 is 28.9 Å². The number of nitro benzene ring substituents is 2. The molecule has 0 saturated heterocycles. The number of esters is 1. The second-order valence-electron chi connectivity index (χ2n) is 6.01. The molecule has 0 atom stereocenters. The number of anilines is 1. The first-order valence-corrected chi connectivity index (χ1v) is 8.09. The van der Waals surface area contributed by atoms with Crippen LogP contribution in [0.4, 0.5) is 17.1 Å². The Labute approximate surface area is 159 Å². The van der Waals surface area contributed by atoms with Crippen LogP contribution in [0.2, 0.25) is 0 Å². The zero-order valence-electron chi connectivity index (χ0n) is 15.3. The summed E-state index contributed by atoms with van der Waals surface area (Å²) in [5.74, 6) is -1.85. The van der Waals surface area contributed by atoms with E-state index in [1.807, 2.05) is 0 Å². The van der Waals surface area contributed by atoms with Gasteiger partial charge in [-0.2, -0.15) is 0 Å². The summed E-state index contributed by atoms with van der Waals surface area (Å²) in [6.07, 6.45) is 0. The molecule has 0 unspecified atom stereocenters. The smallest absolute Gasteiger partial charge is 0.345 e. The van der Waals surface area contributed by atoms with Crippen LogP contribution in [0.3, 0.4) is 0 Å². The molecule has 2 aromatic carbocycles. The van der Waals surface area contributed by atoms with E-state index in [0.29, 0.717) is 5.56 Å². The number of nitro groups is 2. The normalized spacial score (nSPS) is 10.2. The Kier molecular flexibility index (Phi) is 6.04. The first-order valence-electron chi connectivity index (χ1n) is 8.09. The number of para-hydroxylation sites is 1. The molecule has 28 heavy (non-hydrogen) atoms. The second-order valence-corrected chi connectivity index (χ2v) is 6.01. The maximum atomic E-state index is 12.2. The summed E-state index contributed by atoms with van der Waals surface area (Å²) in [5.41, 5.74) is 0.532. The molecule has 0 spiro atoms. The molecule has 0 fully saturated rings. The number of carbonyl (C=O) groups is 2. The molecule has 10 nitrogen and oxygen atoms in total. The summed E-state index contributed by atoms with van der Waals surface area (Å²) >= 11 is 0. The summed E-state index contributed by atoms with van der Waals surface area (Å²) in [5, 5.41) is 24.7. The molecule has 2 rings (SSSR count). The molecule has 0 aliphatic carbocycles. The standard InChI is InChI=1S/C18H17N3O7/c1-10-7-8-14(20(24)25)16(12(10)3)19-15(22)9-28-18(23)13-6-4-5-11(2)17(13)21(26)27/h4-8H,9H2,1-3H3,(H,19,22). The highest BCUT2D eigenvalue weighted by Gasteiger charge is 2.25. The zero-order valence-corrected chi connectivity index (χ0v) is 15.3. The van der Waals surface area contributed by atoms with Crippen molar-refractivity contribution in [2.45, 2.75) is 20.8 Å². The third-order valence-electron chi connectivity index (χ3n) is 4.15. The number of nitrogens with one attached hydrogen (secondary N) is 1. The van der Waals surface area contributed by atoms with Crippen molar-refractivity contribution in [2.75, 3.05) is 11.9 Å². The number of ether oxygens (including phenoxy) is 1. The number of nitrogens with zero attached hydrogens (tertiary/aromatic N) is 2. The minimum atomic E-state index is -1.04. The van der Waals surface area contributed by atoms with Gasteiger partial charge in [0.05, 0.1) is 9.85 Å². The summed E-state index contributed by atoms with van der Waals surface area (Å²) < 4.78 is 4.85. The Balaban J connectivity index is 2.16. The molecule has 0 saturated carbocycles. The Morgan fingerprint density at radius 1 is 1.00 bits per heavy atom. The van der Waals surface area contributed by atoms with Gasteiger partial charge in [-0.15, -0.1) is 0 Å². The molecule has 0 aromatic heterocycles. The van der Waals surface area contributed by atoms with Gasteiger partial charge in [0.1, 0.15) is 11.3 Å². The Morgan fingerprint density at radius 2 is 1.68 bits per heavy atom. The topological polar surface area (TPSA) is 142 Å². The highest BCUT2D eigenvalue weighted by atomic mass is 16.6. The lowest BCUT2D eigenvalue weighted by Gasteiger charge is -2.11. The van der Waals surface area contributed by atoms with Crippen LogP contribution in [0.15, 0.2) is 30.3 Å². The van der Waals surface area contributed by atoms with E-state index in [0.717, 1.165) is 5.56 Å². The van der Waals surface area contributed by atoms with E-state index in [9.17, 15) is 29.8 Å². The fourth-order valence-corrected chi connectivity index (χ4v) is 2.56. The van der Waals surface area contributed by atoms with Crippen molar-refractivity contribution in [1.82, 2.24) is 0 Å². The van der Waals surface area contributed by atoms with Gasteiger partial charge in [-0.1, -0.05) is 18.2 Å². The summed E-state index contributed by atoms with van der Waals surface area (Å²) in [6.45, 7) is 4.06. The zero-order chi connectivity index (χ0) is 21.0. The average Bonchev–Trinajstić information content (AvgIpc) is 2.62. The predicted molar refractivity (Wildman–Crippen MR) is 99.3 cm³/mol. The van der Waals surface area contributed by atoms with Crippen LogP contribution in [0.5, 0.6) is 0 Å². The van der Waals surface area contributed by atoms with Gasteiger partial charge in [0.25, 0.3) is 17.3 Å². The van der Waals surface area contributed by atoms with Gasteiger partial charge in [-0.25, -0.2) is 4.79 Å². The number of hydrogen-bond acceptors (Lipinski definition) is 7. The van der Waals surface area contributed by atoms with E-state index < -0.39 is 34.0 Å². The van der Waals surface area contributed by atoms with Crippen LogP contribution in [0, 0.1) is 41.0 Å². The van der Waals surface area contributed by atoms with E-state index >= 15 is 0 Å². The number of carbonyl (C=O) groups excluding carboxylic acids is 2. The van der Waals surface area contributed by atoms with Crippen molar-refractivity contribution in [2.24, 2.45) is 0 Å². The molecule has 0 aliphatic rings. The quantitative estimate of drug-likeness (QED) is 0.455. The van der Waals surface area contributed by atoms with E-state index in [4.69, 9.17) is 4.74 Å². The van der Waals surface area contributed by atoms with Gasteiger partial charge >= 0.3 is 5.97 Å². The Hall–Kier alpha value is -3.82. The molecule has 0 radical (unpaired) electrons. The lowest BCUT2D eigenvalue weighted by molar-refractivity contribution is -0.385. The number of aryl methyl sites for hydroxylation is 2. The largest absolute Gasteiger partial charge is 0.452 e. The lowest BCUT2D eigenvalue weighted by atomic mass is 10.1. The van der Waals surface area contributed by atoms with Gasteiger partial charge in [-0.05, 0) is 38.0 Å². The molecule has 0 bridgehead atoms. The lowest BCUT2D eigenvalue weighted by Crippen LogP contribution is -2.22. The van der Waals surface area contributed by atoms with Gasteiger partial charge in [0.15, 0.2) is 6.61 Å². The first kappa shape index (κ1) is 20.5. The SMILES string of the molecule is Cc1ccc([N+](=O)[O-])c(NC(=O)COC(=O)c2cccc(C)c2[N+](=O)[O-])c1C. The number of rotatable bonds is 6. The van der Waals surface area contributed by atoms with Crippen LogP contribution >= 0.6 is 0 Å². The van der Waals surface area contributed by atoms with Crippen molar-refractivity contribution in [1.29, 1.82) is 0 Å². The highest BCUT2D eigenvalue weighted by Crippen LogP contribution is 2.30. The van der Waals surface area contributed by atoms with Gasteiger partial charge in [0, 0.05) is 11.6 Å². The van der Waals surface area contributed by atoms with Gasteiger partial charge in [0.2, 0.25) is 0 Å². The predicted octanol–water partition coefficient (Wildman–Crippen LogP) is 3.22. The molecule has 0 heterocycles. The van der Waals surface area contributed by atoms with Crippen molar-refractivity contribution in [3.8, 4) is 0 Å². The monoisotopic (exact) mass is 387 g/mol. The second kappa shape index (κ2) is 8.25. The third kappa shape index (κ3) is 4.29. The van der Waals surface area contributed by atoms with Gasteiger partial charge < -0.3 is 10.1 Å². The summed E-state index contributed by atoms with van der Waals surface area (Å²) in [6, 6.07) is 6.97. The first-order chi connectivity index (χ1) is 13.1. The van der Waals surface area contributed by atoms with E-state index in [1.54, 1.807) is 19.9 Å². The summed E-state index contributed by atoms with van der Waals surface area (Å²) in [7, 11) is 0. The summed E-state index contributed by atoms with van der Waals surface area (Å²) in [4.78, 5) is 45.3. The minimum Gasteiger partial charge on any atom is -0.452 e. The van der Waals surface area contributed by atoms with Crippen LogP contribution in [0.25, 0.3) is 0 Å². The molecule has 2 aromatic rings. The van der Waals surface area contributed by atoms with Crippen LogP contribution in [-0.4, -0.2) is 28.3 Å². The Bertz CT molecular complexity index is 985. The van der Waals surface area contributed by atoms with E-state index in [-0.39, 0.29) is 22.5 Å². The van der Waals surface area contributed by atoms with E-state index in [2.05, 4.69) is 5.32 Å².